The van der Waals surface area contributed by atoms with Crippen LogP contribution in [0.4, 0.5) is 0 Å². The number of thiazole rings is 1. The van der Waals surface area contributed by atoms with Gasteiger partial charge in [-0.25, -0.2) is 0 Å². The van der Waals surface area contributed by atoms with Crippen molar-refractivity contribution in [3.63, 3.8) is 0 Å². The van der Waals surface area contributed by atoms with E-state index in [-0.39, 0.29) is 11.5 Å². The second-order valence-corrected chi connectivity index (χ2v) is 4.76. The number of halogens is 1. The first kappa shape index (κ1) is 9.89. The monoisotopic (exact) mass is 273 g/mol. The number of aliphatic hydroxyl groups is 1. The molecule has 1 aromatic carbocycles. The number of hydrogen-bond donors (Lipinski definition) is 1. The van der Waals surface area contributed by atoms with E-state index in [0.717, 1.165) is 14.7 Å². The summed E-state index contributed by atoms with van der Waals surface area (Å²) < 4.78 is 3.48. The van der Waals surface area contributed by atoms with Gasteiger partial charge >= 0.3 is 4.87 Å². The Hall–Kier alpha value is -0.650. The van der Waals surface area contributed by atoms with Crippen molar-refractivity contribution in [2.75, 3.05) is 6.61 Å². The first-order valence-corrected chi connectivity index (χ1v) is 5.73. The predicted octanol–water partition coefficient (Wildman–Crippen LogP) is 1.82. The lowest BCUT2D eigenvalue weighted by molar-refractivity contribution is 0.277. The Kier molecular flexibility index (Phi) is 2.71. The summed E-state index contributed by atoms with van der Waals surface area (Å²) in [5, 5.41) is 8.82. The van der Waals surface area contributed by atoms with E-state index >= 15 is 0 Å². The topological polar surface area (TPSA) is 42.2 Å². The predicted molar refractivity (Wildman–Crippen MR) is 60.9 cm³/mol. The summed E-state index contributed by atoms with van der Waals surface area (Å²) in [5.74, 6) is 0. The summed E-state index contributed by atoms with van der Waals surface area (Å²) in [5.41, 5.74) is 0.878. The quantitative estimate of drug-likeness (QED) is 0.907. The highest BCUT2D eigenvalue weighted by Crippen LogP contribution is 2.21. The summed E-state index contributed by atoms with van der Waals surface area (Å²) in [6.45, 7) is 0.341. The summed E-state index contributed by atoms with van der Waals surface area (Å²) in [6.07, 6.45) is 0. The summed E-state index contributed by atoms with van der Waals surface area (Å²) in [4.78, 5) is 11.5. The van der Waals surface area contributed by atoms with Crippen LogP contribution in [0.15, 0.2) is 27.5 Å². The molecule has 0 aliphatic heterocycles. The van der Waals surface area contributed by atoms with Crippen LogP contribution in [-0.2, 0) is 6.54 Å². The normalized spacial score (nSPS) is 11.0. The molecule has 1 N–H and O–H groups in total. The van der Waals surface area contributed by atoms with E-state index in [9.17, 15) is 4.79 Å². The van der Waals surface area contributed by atoms with Gasteiger partial charge in [0.05, 0.1) is 23.4 Å². The molecule has 0 aliphatic rings. The van der Waals surface area contributed by atoms with Crippen molar-refractivity contribution < 1.29 is 5.11 Å². The molecular formula is C9H8BrNO2S. The molecule has 2 rings (SSSR count). The van der Waals surface area contributed by atoms with Crippen LogP contribution in [0.5, 0.6) is 0 Å². The van der Waals surface area contributed by atoms with E-state index in [1.165, 1.54) is 11.3 Å². The van der Waals surface area contributed by atoms with Gasteiger partial charge in [0.25, 0.3) is 0 Å². The van der Waals surface area contributed by atoms with Crippen LogP contribution in [0.2, 0.25) is 0 Å². The number of rotatable bonds is 2. The van der Waals surface area contributed by atoms with Crippen LogP contribution in [0.25, 0.3) is 10.2 Å². The molecule has 0 bridgehead atoms. The maximum Gasteiger partial charge on any atom is 0.308 e. The van der Waals surface area contributed by atoms with E-state index in [1.54, 1.807) is 4.57 Å². The summed E-state index contributed by atoms with van der Waals surface area (Å²) >= 11 is 4.56. The summed E-state index contributed by atoms with van der Waals surface area (Å²) in [7, 11) is 0. The molecule has 0 aliphatic carbocycles. The van der Waals surface area contributed by atoms with Gasteiger partial charge in [0.15, 0.2) is 0 Å². The van der Waals surface area contributed by atoms with Gasteiger partial charge in [-0.2, -0.15) is 0 Å². The summed E-state index contributed by atoms with van der Waals surface area (Å²) in [6, 6.07) is 5.70. The molecule has 0 saturated carbocycles. The molecule has 0 atom stereocenters. The first-order valence-electron chi connectivity index (χ1n) is 4.12. The Morgan fingerprint density at radius 3 is 3.00 bits per heavy atom. The smallest absolute Gasteiger partial charge is 0.308 e. The fourth-order valence-electron chi connectivity index (χ4n) is 1.35. The third kappa shape index (κ3) is 1.63. The highest BCUT2D eigenvalue weighted by atomic mass is 79.9. The molecule has 0 radical (unpaired) electrons. The highest BCUT2D eigenvalue weighted by Gasteiger charge is 2.06. The Balaban J connectivity index is 2.73. The fraction of sp³-hybridized carbons (Fsp3) is 0.222. The zero-order valence-corrected chi connectivity index (χ0v) is 9.64. The number of aromatic nitrogens is 1. The van der Waals surface area contributed by atoms with Crippen LogP contribution >= 0.6 is 27.3 Å². The van der Waals surface area contributed by atoms with Crippen LogP contribution in [0.1, 0.15) is 0 Å². The van der Waals surface area contributed by atoms with E-state index in [1.807, 2.05) is 18.2 Å². The van der Waals surface area contributed by atoms with Crippen molar-refractivity contribution in [3.05, 3.63) is 32.3 Å². The van der Waals surface area contributed by atoms with Crippen molar-refractivity contribution in [2.45, 2.75) is 6.54 Å². The van der Waals surface area contributed by atoms with Crippen molar-refractivity contribution in [2.24, 2.45) is 0 Å². The van der Waals surface area contributed by atoms with Crippen molar-refractivity contribution in [1.29, 1.82) is 0 Å². The maximum atomic E-state index is 11.5. The number of hydrogen-bond acceptors (Lipinski definition) is 3. The minimum absolute atomic E-state index is 0.0156. The molecule has 14 heavy (non-hydrogen) atoms. The molecule has 2 aromatic rings. The van der Waals surface area contributed by atoms with Gasteiger partial charge in [-0.15, -0.1) is 0 Å². The van der Waals surface area contributed by atoms with E-state index < -0.39 is 0 Å². The SMILES string of the molecule is O=c1sc2ccc(Br)cc2n1CCO. The molecule has 0 unspecified atom stereocenters. The number of benzene rings is 1. The van der Waals surface area contributed by atoms with Gasteiger partial charge < -0.3 is 5.11 Å². The molecule has 74 valence electrons. The molecule has 0 spiro atoms. The minimum Gasteiger partial charge on any atom is -0.395 e. The molecule has 0 fully saturated rings. The van der Waals surface area contributed by atoms with Gasteiger partial charge in [0.1, 0.15) is 0 Å². The second kappa shape index (κ2) is 3.84. The molecular weight excluding hydrogens is 266 g/mol. The third-order valence-electron chi connectivity index (χ3n) is 1.95. The average molecular weight is 274 g/mol. The van der Waals surface area contributed by atoms with Gasteiger partial charge in [0.2, 0.25) is 0 Å². The van der Waals surface area contributed by atoms with E-state index in [4.69, 9.17) is 5.11 Å². The zero-order chi connectivity index (χ0) is 10.1. The highest BCUT2D eigenvalue weighted by molar-refractivity contribution is 9.10. The Morgan fingerprint density at radius 1 is 1.50 bits per heavy atom. The molecule has 0 amide bonds. The van der Waals surface area contributed by atoms with Crippen molar-refractivity contribution in [3.8, 4) is 0 Å². The molecule has 3 nitrogen and oxygen atoms in total. The van der Waals surface area contributed by atoms with Crippen LogP contribution < -0.4 is 4.87 Å². The van der Waals surface area contributed by atoms with Gasteiger partial charge in [0, 0.05) is 4.47 Å². The van der Waals surface area contributed by atoms with Gasteiger partial charge in [-0.1, -0.05) is 27.3 Å². The number of aliphatic hydroxyl groups excluding tert-OH is 1. The number of fused-ring (bicyclic) bond motifs is 1. The van der Waals surface area contributed by atoms with E-state index in [0.29, 0.717) is 6.54 Å². The van der Waals surface area contributed by atoms with Crippen LogP contribution in [-0.4, -0.2) is 16.3 Å². The van der Waals surface area contributed by atoms with Gasteiger partial charge in [-0.05, 0) is 18.2 Å². The molecule has 0 saturated heterocycles. The molecule has 1 aromatic heterocycles. The van der Waals surface area contributed by atoms with Crippen molar-refractivity contribution in [1.82, 2.24) is 4.57 Å². The van der Waals surface area contributed by atoms with Gasteiger partial charge in [-0.3, -0.25) is 9.36 Å². The molecule has 1 heterocycles. The lowest BCUT2D eigenvalue weighted by Gasteiger charge is -1.99. The third-order valence-corrected chi connectivity index (χ3v) is 3.41. The second-order valence-electron chi connectivity index (χ2n) is 2.86. The maximum absolute atomic E-state index is 11.5. The lowest BCUT2D eigenvalue weighted by atomic mass is 10.3. The fourth-order valence-corrected chi connectivity index (χ4v) is 2.59. The van der Waals surface area contributed by atoms with E-state index in [2.05, 4.69) is 15.9 Å². The minimum atomic E-state index is -0.0212. The zero-order valence-electron chi connectivity index (χ0n) is 7.24. The largest absolute Gasteiger partial charge is 0.395 e. The number of nitrogens with zero attached hydrogens (tertiary/aromatic N) is 1. The Morgan fingerprint density at radius 2 is 2.29 bits per heavy atom. The average Bonchev–Trinajstić information content (AvgIpc) is 2.45. The van der Waals surface area contributed by atoms with Crippen LogP contribution in [0, 0.1) is 0 Å². The standard InChI is InChI=1S/C9H8BrNO2S/c10-6-1-2-8-7(5-6)11(3-4-12)9(13)14-8/h1-2,5,12H,3-4H2. The first-order chi connectivity index (χ1) is 6.72. The lowest BCUT2D eigenvalue weighted by Crippen LogP contribution is -2.14. The van der Waals surface area contributed by atoms with Crippen LogP contribution in [0.3, 0.4) is 0 Å². The Labute approximate surface area is 92.7 Å². The molecule has 5 heteroatoms. The van der Waals surface area contributed by atoms with Crippen molar-refractivity contribution >= 4 is 37.5 Å². The Bertz CT molecular complexity index is 517.